The van der Waals surface area contributed by atoms with Crippen LogP contribution in [0.4, 0.5) is 13.2 Å². The second-order valence-corrected chi connectivity index (χ2v) is 4.73. The number of carbonyl (C=O) groups is 1. The van der Waals surface area contributed by atoms with Crippen LogP contribution in [-0.2, 0) is 0 Å². The molecule has 0 aliphatic rings. The number of aliphatic hydroxyl groups is 1. The first-order valence-electron chi connectivity index (χ1n) is 5.48. The first-order valence-corrected chi connectivity index (χ1v) is 6.46. The third kappa shape index (κ3) is 4.75. The van der Waals surface area contributed by atoms with E-state index in [4.69, 9.17) is 10.4 Å². The van der Waals surface area contributed by atoms with E-state index >= 15 is 0 Å². The molecule has 1 unspecified atom stereocenters. The molecule has 0 aliphatic carbocycles. The van der Waals surface area contributed by atoms with Crippen molar-refractivity contribution in [1.29, 1.82) is 5.26 Å². The van der Waals surface area contributed by atoms with Crippen molar-refractivity contribution in [2.75, 3.05) is 12.3 Å². The molecule has 0 aromatic heterocycles. The lowest BCUT2D eigenvalue weighted by Crippen LogP contribution is -2.40. The van der Waals surface area contributed by atoms with Crippen molar-refractivity contribution in [3.63, 3.8) is 0 Å². The largest absolute Gasteiger partial charge is 0.416 e. The van der Waals surface area contributed by atoms with Crippen LogP contribution >= 0.6 is 11.8 Å². The summed E-state index contributed by atoms with van der Waals surface area (Å²) in [6, 6.07) is 8.14. The molecule has 0 heterocycles. The van der Waals surface area contributed by atoms with Crippen LogP contribution in [0.3, 0.4) is 0 Å². The molecule has 1 atom stereocenters. The number of nitriles is 1. The van der Waals surface area contributed by atoms with E-state index in [-0.39, 0.29) is 11.3 Å². The van der Waals surface area contributed by atoms with Crippen LogP contribution < -0.4 is 5.32 Å². The summed E-state index contributed by atoms with van der Waals surface area (Å²) in [4.78, 5) is 12.3. The lowest BCUT2D eigenvalue weighted by Gasteiger charge is -2.15. The molecule has 1 amide bonds. The van der Waals surface area contributed by atoms with Crippen LogP contribution in [0.1, 0.15) is 10.4 Å². The van der Waals surface area contributed by atoms with Gasteiger partial charge in [0, 0.05) is 4.90 Å². The van der Waals surface area contributed by atoms with Gasteiger partial charge in [-0.25, -0.2) is 0 Å². The number of nitrogens with zero attached hydrogens (tertiary/aromatic N) is 1. The van der Waals surface area contributed by atoms with Crippen LogP contribution in [0.15, 0.2) is 29.2 Å². The van der Waals surface area contributed by atoms with E-state index in [0.717, 1.165) is 11.8 Å². The smallest absolute Gasteiger partial charge is 0.382 e. The number of benzene rings is 1. The topological polar surface area (TPSA) is 73.1 Å². The number of thioether (sulfide) groups is 1. The Balaban J connectivity index is 2.71. The van der Waals surface area contributed by atoms with Gasteiger partial charge in [0.15, 0.2) is 6.10 Å². The first-order chi connectivity index (χ1) is 9.36. The Kier molecular flexibility index (Phi) is 5.85. The Labute approximate surface area is 117 Å². The number of hydrogen-bond acceptors (Lipinski definition) is 4. The minimum Gasteiger partial charge on any atom is -0.382 e. The zero-order chi connectivity index (χ0) is 15.2. The van der Waals surface area contributed by atoms with E-state index in [1.54, 1.807) is 18.2 Å². The van der Waals surface area contributed by atoms with Crippen molar-refractivity contribution in [3.8, 4) is 6.07 Å². The van der Waals surface area contributed by atoms with Gasteiger partial charge in [-0.2, -0.15) is 18.4 Å². The highest BCUT2D eigenvalue weighted by Crippen LogP contribution is 2.23. The van der Waals surface area contributed by atoms with E-state index < -0.39 is 24.7 Å². The summed E-state index contributed by atoms with van der Waals surface area (Å²) in [5.41, 5.74) is 0.169. The maximum absolute atomic E-state index is 12.1. The molecule has 1 aromatic rings. The standard InChI is InChI=1S/C12H11F3N2O2S/c13-12(14,15)10(18)7-17-11(19)8-3-1-2-4-9(8)20-6-5-16/h1-4,10,18H,6-7H2,(H,17,19). The van der Waals surface area contributed by atoms with E-state index in [1.165, 1.54) is 6.07 Å². The van der Waals surface area contributed by atoms with Crippen molar-refractivity contribution in [2.24, 2.45) is 0 Å². The fraction of sp³-hybridized carbons (Fsp3) is 0.333. The molecule has 0 spiro atoms. The minimum atomic E-state index is -4.78. The molecule has 0 fully saturated rings. The molecule has 108 valence electrons. The van der Waals surface area contributed by atoms with E-state index in [0.29, 0.717) is 4.90 Å². The predicted molar refractivity (Wildman–Crippen MR) is 67.2 cm³/mol. The molecule has 8 heteroatoms. The molecule has 4 nitrogen and oxygen atoms in total. The summed E-state index contributed by atoms with van der Waals surface area (Å²) in [6.07, 6.45) is -7.38. The molecular weight excluding hydrogens is 293 g/mol. The molecule has 0 radical (unpaired) electrons. The van der Waals surface area contributed by atoms with Crippen molar-refractivity contribution < 1.29 is 23.1 Å². The average molecular weight is 304 g/mol. The Bertz CT molecular complexity index is 514. The SMILES string of the molecule is N#CCSc1ccccc1C(=O)NCC(O)C(F)(F)F. The number of hydrogen-bond donors (Lipinski definition) is 2. The third-order valence-corrected chi connectivity index (χ3v) is 3.20. The van der Waals surface area contributed by atoms with Crippen LogP contribution in [0.5, 0.6) is 0 Å². The van der Waals surface area contributed by atoms with Gasteiger partial charge in [0.25, 0.3) is 5.91 Å². The second-order valence-electron chi connectivity index (χ2n) is 3.71. The van der Waals surface area contributed by atoms with Crippen molar-refractivity contribution in [2.45, 2.75) is 17.2 Å². The zero-order valence-electron chi connectivity index (χ0n) is 10.1. The lowest BCUT2D eigenvalue weighted by molar-refractivity contribution is -0.201. The van der Waals surface area contributed by atoms with E-state index in [2.05, 4.69) is 0 Å². The van der Waals surface area contributed by atoms with Crippen LogP contribution in [0.25, 0.3) is 0 Å². The van der Waals surface area contributed by atoms with E-state index in [1.807, 2.05) is 11.4 Å². The van der Waals surface area contributed by atoms with Crippen LogP contribution in [0.2, 0.25) is 0 Å². The molecule has 1 aromatic carbocycles. The summed E-state index contributed by atoms with van der Waals surface area (Å²) in [7, 11) is 0. The fourth-order valence-electron chi connectivity index (χ4n) is 1.29. The molecule has 1 rings (SSSR count). The second kappa shape index (κ2) is 7.17. The molecule has 2 N–H and O–H groups in total. The van der Waals surface area contributed by atoms with Gasteiger partial charge in [-0.15, -0.1) is 11.8 Å². The summed E-state index contributed by atoms with van der Waals surface area (Å²) in [5.74, 6) is -0.607. The van der Waals surface area contributed by atoms with Crippen molar-refractivity contribution in [3.05, 3.63) is 29.8 Å². The summed E-state index contributed by atoms with van der Waals surface area (Å²) in [6.45, 7) is -0.917. The minimum absolute atomic E-state index is 0.121. The molecule has 0 aliphatic heterocycles. The highest BCUT2D eigenvalue weighted by atomic mass is 32.2. The lowest BCUT2D eigenvalue weighted by atomic mass is 10.2. The van der Waals surface area contributed by atoms with E-state index in [9.17, 15) is 18.0 Å². The third-order valence-electron chi connectivity index (χ3n) is 2.26. The number of rotatable bonds is 5. The molecule has 0 saturated heterocycles. The van der Waals surface area contributed by atoms with Gasteiger partial charge in [-0.3, -0.25) is 4.79 Å². The molecule has 0 saturated carbocycles. The van der Waals surface area contributed by atoms with Crippen molar-refractivity contribution >= 4 is 17.7 Å². The number of amides is 1. The highest BCUT2D eigenvalue weighted by molar-refractivity contribution is 7.99. The van der Waals surface area contributed by atoms with Gasteiger partial charge in [-0.05, 0) is 12.1 Å². The quantitative estimate of drug-likeness (QED) is 0.816. The van der Waals surface area contributed by atoms with Crippen LogP contribution in [-0.4, -0.2) is 35.6 Å². The number of alkyl halides is 3. The van der Waals surface area contributed by atoms with Gasteiger partial charge in [0.1, 0.15) is 0 Å². The number of halogens is 3. The van der Waals surface area contributed by atoms with Crippen molar-refractivity contribution in [1.82, 2.24) is 5.32 Å². The molecular formula is C12H11F3N2O2S. The number of aliphatic hydroxyl groups excluding tert-OH is 1. The normalized spacial score (nSPS) is 12.6. The van der Waals surface area contributed by atoms with Gasteiger partial charge in [0.05, 0.1) is 23.9 Å². The maximum atomic E-state index is 12.1. The zero-order valence-corrected chi connectivity index (χ0v) is 11.0. The van der Waals surface area contributed by atoms with Crippen LogP contribution in [0, 0.1) is 11.3 Å². The fourth-order valence-corrected chi connectivity index (χ4v) is 2.00. The maximum Gasteiger partial charge on any atom is 0.416 e. The average Bonchev–Trinajstić information content (AvgIpc) is 2.41. The Morgan fingerprint density at radius 1 is 1.45 bits per heavy atom. The molecule has 0 bridgehead atoms. The van der Waals surface area contributed by atoms with Gasteiger partial charge >= 0.3 is 6.18 Å². The number of nitrogens with one attached hydrogen (secondary N) is 1. The van der Waals surface area contributed by atoms with Gasteiger partial charge in [0.2, 0.25) is 0 Å². The predicted octanol–water partition coefficient (Wildman–Crippen LogP) is 1.96. The Hall–Kier alpha value is -1.72. The number of carbonyl (C=O) groups excluding carboxylic acids is 1. The summed E-state index contributed by atoms with van der Waals surface area (Å²) >= 11 is 1.11. The molecule has 20 heavy (non-hydrogen) atoms. The van der Waals surface area contributed by atoms with Gasteiger partial charge < -0.3 is 10.4 Å². The Morgan fingerprint density at radius 3 is 2.70 bits per heavy atom. The highest BCUT2D eigenvalue weighted by Gasteiger charge is 2.38. The monoisotopic (exact) mass is 304 g/mol. The first kappa shape index (κ1) is 16.3. The Morgan fingerprint density at radius 2 is 2.10 bits per heavy atom. The van der Waals surface area contributed by atoms with Gasteiger partial charge in [-0.1, -0.05) is 12.1 Å². The summed E-state index contributed by atoms with van der Waals surface area (Å²) < 4.78 is 36.3. The summed E-state index contributed by atoms with van der Waals surface area (Å²) in [5, 5.41) is 19.3.